The van der Waals surface area contributed by atoms with Crippen LogP contribution in [0.2, 0.25) is 5.02 Å². The lowest BCUT2D eigenvalue weighted by Gasteiger charge is -2.26. The van der Waals surface area contributed by atoms with Gasteiger partial charge in [-0.3, -0.25) is 0 Å². The lowest BCUT2D eigenvalue weighted by molar-refractivity contribution is 0.767. The molecular formula is C17H18ClN3. The number of para-hydroxylation sites is 1. The molecule has 4 heteroatoms. The molecule has 0 radical (unpaired) electrons. The van der Waals surface area contributed by atoms with Gasteiger partial charge in [0.1, 0.15) is 6.07 Å². The Kier molecular flexibility index (Phi) is 5.08. The van der Waals surface area contributed by atoms with Crippen LogP contribution in [-0.2, 0) is 6.54 Å². The monoisotopic (exact) mass is 299 g/mol. The van der Waals surface area contributed by atoms with E-state index in [0.29, 0.717) is 17.1 Å². The summed E-state index contributed by atoms with van der Waals surface area (Å²) in [6.45, 7) is 3.64. The van der Waals surface area contributed by atoms with Crippen molar-refractivity contribution in [3.8, 4) is 6.07 Å². The highest BCUT2D eigenvalue weighted by Crippen LogP contribution is 2.26. The second kappa shape index (κ2) is 7.01. The number of hydrogen-bond acceptors (Lipinski definition) is 3. The molecule has 0 unspecified atom stereocenters. The maximum absolute atomic E-state index is 9.32. The molecule has 3 nitrogen and oxygen atoms in total. The predicted molar refractivity (Wildman–Crippen MR) is 88.4 cm³/mol. The van der Waals surface area contributed by atoms with Gasteiger partial charge in [0.2, 0.25) is 0 Å². The second-order valence-electron chi connectivity index (χ2n) is 4.89. The highest BCUT2D eigenvalue weighted by atomic mass is 35.5. The minimum absolute atomic E-state index is 0.575. The summed E-state index contributed by atoms with van der Waals surface area (Å²) >= 11 is 5.97. The number of hydrogen-bond donors (Lipinski definition) is 1. The van der Waals surface area contributed by atoms with Crippen LogP contribution in [0.5, 0.6) is 0 Å². The fourth-order valence-electron chi connectivity index (χ4n) is 2.31. The van der Waals surface area contributed by atoms with Crippen LogP contribution < -0.4 is 10.6 Å². The molecule has 2 aromatic rings. The van der Waals surface area contributed by atoms with E-state index < -0.39 is 0 Å². The average molecular weight is 300 g/mol. The first-order valence-electron chi connectivity index (χ1n) is 6.93. The highest BCUT2D eigenvalue weighted by Gasteiger charge is 2.13. The van der Waals surface area contributed by atoms with E-state index in [-0.39, 0.29) is 0 Å². The molecular weight excluding hydrogens is 282 g/mol. The zero-order valence-electron chi connectivity index (χ0n) is 12.0. The maximum atomic E-state index is 9.32. The molecule has 2 rings (SSSR count). The second-order valence-corrected chi connectivity index (χ2v) is 5.33. The number of nitriles is 1. The van der Waals surface area contributed by atoms with Gasteiger partial charge in [-0.2, -0.15) is 5.26 Å². The van der Waals surface area contributed by atoms with Crippen molar-refractivity contribution in [1.82, 2.24) is 0 Å². The van der Waals surface area contributed by atoms with Gasteiger partial charge in [-0.15, -0.1) is 0 Å². The summed E-state index contributed by atoms with van der Waals surface area (Å²) in [5.41, 5.74) is 9.34. The average Bonchev–Trinajstić information content (AvgIpc) is 2.49. The predicted octanol–water partition coefficient (Wildman–Crippen LogP) is 4.21. The molecule has 0 aromatic heterocycles. The highest BCUT2D eigenvalue weighted by molar-refractivity contribution is 6.30. The largest absolute Gasteiger partial charge is 0.398 e. The molecule has 0 aliphatic heterocycles. The molecule has 21 heavy (non-hydrogen) atoms. The smallest absolute Gasteiger partial charge is 0.101 e. The first-order valence-corrected chi connectivity index (χ1v) is 7.31. The third-order valence-electron chi connectivity index (χ3n) is 3.33. The van der Waals surface area contributed by atoms with E-state index in [2.05, 4.69) is 17.9 Å². The van der Waals surface area contributed by atoms with Gasteiger partial charge in [-0.05, 0) is 36.2 Å². The van der Waals surface area contributed by atoms with Crippen LogP contribution in [0.15, 0.2) is 42.5 Å². The number of nitrogens with zero attached hydrogens (tertiary/aromatic N) is 2. The van der Waals surface area contributed by atoms with E-state index in [4.69, 9.17) is 17.3 Å². The van der Waals surface area contributed by atoms with Gasteiger partial charge in [0.15, 0.2) is 0 Å². The Morgan fingerprint density at radius 3 is 2.67 bits per heavy atom. The Bertz CT molecular complexity index is 661. The number of rotatable bonds is 5. The molecule has 0 fully saturated rings. The van der Waals surface area contributed by atoms with Crippen LogP contribution in [-0.4, -0.2) is 6.54 Å². The molecule has 0 heterocycles. The van der Waals surface area contributed by atoms with Crippen molar-refractivity contribution in [1.29, 1.82) is 5.26 Å². The van der Waals surface area contributed by atoms with Crippen LogP contribution in [0.3, 0.4) is 0 Å². The normalized spacial score (nSPS) is 10.1. The Morgan fingerprint density at radius 2 is 2.00 bits per heavy atom. The van der Waals surface area contributed by atoms with Gasteiger partial charge in [0.05, 0.1) is 11.3 Å². The zero-order chi connectivity index (χ0) is 15.2. The van der Waals surface area contributed by atoms with Crippen molar-refractivity contribution in [3.05, 3.63) is 58.6 Å². The van der Waals surface area contributed by atoms with Gasteiger partial charge >= 0.3 is 0 Å². The molecule has 0 aliphatic rings. The van der Waals surface area contributed by atoms with Gasteiger partial charge in [-0.25, -0.2) is 0 Å². The lowest BCUT2D eigenvalue weighted by atomic mass is 10.1. The Hall–Kier alpha value is -2.18. The lowest BCUT2D eigenvalue weighted by Crippen LogP contribution is -2.24. The molecule has 2 N–H and O–H groups in total. The number of nitrogens with two attached hydrogens (primary N) is 1. The van der Waals surface area contributed by atoms with Crippen molar-refractivity contribution in [2.45, 2.75) is 19.9 Å². The summed E-state index contributed by atoms with van der Waals surface area (Å²) in [6.07, 6.45) is 0.986. The number of halogens is 1. The van der Waals surface area contributed by atoms with Crippen molar-refractivity contribution in [2.24, 2.45) is 0 Å². The van der Waals surface area contributed by atoms with Gasteiger partial charge in [0.25, 0.3) is 0 Å². The topological polar surface area (TPSA) is 53.0 Å². The van der Waals surface area contributed by atoms with Gasteiger partial charge in [-0.1, -0.05) is 36.7 Å². The molecule has 0 atom stereocenters. The van der Waals surface area contributed by atoms with E-state index in [1.54, 1.807) is 6.07 Å². The quantitative estimate of drug-likeness (QED) is 0.841. The molecule has 0 amide bonds. The van der Waals surface area contributed by atoms with E-state index in [1.165, 1.54) is 0 Å². The molecule has 0 bridgehead atoms. The first kappa shape index (κ1) is 15.2. The van der Waals surface area contributed by atoms with Crippen LogP contribution in [0.4, 0.5) is 11.4 Å². The minimum Gasteiger partial charge on any atom is -0.398 e. The standard InChI is InChI=1S/C17H18ClN3/c1-2-9-21(12-13-5-3-4-6-16(13)20)17-8-7-15(18)10-14(17)11-19/h3-8,10H,2,9,12,20H2,1H3. The van der Waals surface area contributed by atoms with E-state index in [0.717, 1.165) is 29.9 Å². The third kappa shape index (κ3) is 3.68. The van der Waals surface area contributed by atoms with E-state index in [1.807, 2.05) is 36.4 Å². The molecule has 0 spiro atoms. The number of nitrogen functional groups attached to an aromatic ring is 1. The summed E-state index contributed by atoms with van der Waals surface area (Å²) in [7, 11) is 0. The number of anilines is 2. The Morgan fingerprint density at radius 1 is 1.24 bits per heavy atom. The van der Waals surface area contributed by atoms with E-state index >= 15 is 0 Å². The summed E-state index contributed by atoms with van der Waals surface area (Å²) in [5, 5.41) is 9.90. The van der Waals surface area contributed by atoms with Crippen molar-refractivity contribution in [3.63, 3.8) is 0 Å². The van der Waals surface area contributed by atoms with Gasteiger partial charge < -0.3 is 10.6 Å². The first-order chi connectivity index (χ1) is 10.2. The SMILES string of the molecule is CCCN(Cc1ccccc1N)c1ccc(Cl)cc1C#N. The van der Waals surface area contributed by atoms with E-state index in [9.17, 15) is 5.26 Å². The van der Waals surface area contributed by atoms with Crippen LogP contribution >= 0.6 is 11.6 Å². The molecule has 0 aliphatic carbocycles. The molecule has 0 saturated heterocycles. The summed E-state index contributed by atoms with van der Waals surface area (Å²) in [5.74, 6) is 0. The Labute approximate surface area is 130 Å². The fourth-order valence-corrected chi connectivity index (χ4v) is 2.48. The molecule has 2 aromatic carbocycles. The zero-order valence-corrected chi connectivity index (χ0v) is 12.8. The maximum Gasteiger partial charge on any atom is 0.101 e. The minimum atomic E-state index is 0.575. The molecule has 108 valence electrons. The summed E-state index contributed by atoms with van der Waals surface area (Å²) < 4.78 is 0. The van der Waals surface area contributed by atoms with Crippen LogP contribution in [0.1, 0.15) is 24.5 Å². The van der Waals surface area contributed by atoms with Crippen molar-refractivity contribution < 1.29 is 0 Å². The summed E-state index contributed by atoms with van der Waals surface area (Å²) in [6, 6.07) is 15.4. The van der Waals surface area contributed by atoms with Crippen LogP contribution in [0.25, 0.3) is 0 Å². The third-order valence-corrected chi connectivity index (χ3v) is 3.56. The van der Waals surface area contributed by atoms with Crippen molar-refractivity contribution >= 4 is 23.0 Å². The molecule has 0 saturated carbocycles. The van der Waals surface area contributed by atoms with Gasteiger partial charge in [0, 0.05) is 23.8 Å². The van der Waals surface area contributed by atoms with Crippen molar-refractivity contribution in [2.75, 3.05) is 17.2 Å². The summed E-state index contributed by atoms with van der Waals surface area (Å²) in [4.78, 5) is 2.17. The van der Waals surface area contributed by atoms with Crippen LogP contribution in [0, 0.1) is 11.3 Å². The number of benzene rings is 2. The fraction of sp³-hybridized carbons (Fsp3) is 0.235. The Balaban J connectivity index is 2.36.